The lowest BCUT2D eigenvalue weighted by Crippen LogP contribution is -1.92. The van der Waals surface area contributed by atoms with Gasteiger partial charge in [-0.25, -0.2) is 0 Å². The molecule has 6 aromatic carbocycles. The van der Waals surface area contributed by atoms with E-state index in [0.29, 0.717) is 0 Å². The van der Waals surface area contributed by atoms with Gasteiger partial charge in [-0.05, 0) is 76.9 Å². The number of nitrogens with zero attached hydrogens (tertiary/aromatic N) is 1. The molecule has 41 heavy (non-hydrogen) atoms. The molecule has 0 unspecified atom stereocenters. The Hall–Kier alpha value is -5.12. The molecule has 0 spiro atoms. The van der Waals surface area contributed by atoms with Gasteiger partial charge >= 0.3 is 0 Å². The van der Waals surface area contributed by atoms with Gasteiger partial charge in [0.05, 0.1) is 5.52 Å². The third-order valence-corrected chi connectivity index (χ3v) is 9.33. The summed E-state index contributed by atoms with van der Waals surface area (Å²) < 4.78 is 11.5. The summed E-state index contributed by atoms with van der Waals surface area (Å²) >= 11 is 1.86. The summed E-state index contributed by atoms with van der Waals surface area (Å²) in [4.78, 5) is 0. The lowest BCUT2D eigenvalue weighted by Gasteiger charge is -2.09. The van der Waals surface area contributed by atoms with E-state index in [1.807, 2.05) is 11.3 Å². The largest absolute Gasteiger partial charge is 0.454 e. The van der Waals surface area contributed by atoms with Gasteiger partial charge in [0.15, 0.2) is 5.58 Å². The fourth-order valence-corrected chi connectivity index (χ4v) is 7.51. The van der Waals surface area contributed by atoms with Gasteiger partial charge in [0.1, 0.15) is 11.1 Å². The fourth-order valence-electron chi connectivity index (χ4n) is 6.38. The molecular formula is C38H23NOS. The lowest BCUT2D eigenvalue weighted by atomic mass is 9.95. The van der Waals surface area contributed by atoms with E-state index in [2.05, 4.69) is 144 Å². The third-order valence-electron chi connectivity index (χ3n) is 8.20. The molecule has 3 heterocycles. The number of hydrogen-bond donors (Lipinski definition) is 0. The Morgan fingerprint density at radius 1 is 0.512 bits per heavy atom. The van der Waals surface area contributed by atoms with Crippen LogP contribution in [0.2, 0.25) is 0 Å². The van der Waals surface area contributed by atoms with Crippen molar-refractivity contribution in [3.8, 4) is 27.9 Å². The van der Waals surface area contributed by atoms with Crippen molar-refractivity contribution in [2.45, 2.75) is 0 Å². The first-order chi connectivity index (χ1) is 20.3. The number of rotatable bonds is 3. The maximum absolute atomic E-state index is 6.51. The summed E-state index contributed by atoms with van der Waals surface area (Å²) in [5.74, 6) is 0. The molecule has 0 aliphatic carbocycles. The zero-order chi connectivity index (χ0) is 26.9. The molecule has 0 radical (unpaired) electrons. The standard InChI is InChI=1S/C38H23NOS/c1-2-12-27(13-3-1)39-32-17-6-4-14-29(32)38-37(39)31-23-25(20-21-33(31)40-38)24-10-8-11-26(22-24)28-16-9-19-35-36(28)30-15-5-7-18-34(30)41-35/h1-23H. The van der Waals surface area contributed by atoms with Crippen molar-refractivity contribution in [1.82, 2.24) is 4.57 Å². The molecule has 0 saturated heterocycles. The molecule has 9 rings (SSSR count). The van der Waals surface area contributed by atoms with Crippen molar-refractivity contribution in [1.29, 1.82) is 0 Å². The number of thiophene rings is 1. The molecule has 192 valence electrons. The van der Waals surface area contributed by atoms with Crippen LogP contribution in [0.25, 0.3) is 81.1 Å². The second-order valence-electron chi connectivity index (χ2n) is 10.5. The van der Waals surface area contributed by atoms with Crippen molar-refractivity contribution in [2.75, 3.05) is 0 Å². The van der Waals surface area contributed by atoms with Gasteiger partial charge in [0.25, 0.3) is 0 Å². The molecule has 0 N–H and O–H groups in total. The van der Waals surface area contributed by atoms with E-state index >= 15 is 0 Å². The molecular weight excluding hydrogens is 518 g/mol. The summed E-state index contributed by atoms with van der Waals surface area (Å²) in [7, 11) is 0. The first-order valence-electron chi connectivity index (χ1n) is 13.9. The number of para-hydroxylation sites is 2. The average molecular weight is 542 g/mol. The van der Waals surface area contributed by atoms with Gasteiger partial charge in [0.2, 0.25) is 0 Å². The minimum atomic E-state index is 0.903. The van der Waals surface area contributed by atoms with E-state index in [1.165, 1.54) is 42.4 Å². The van der Waals surface area contributed by atoms with Gasteiger partial charge < -0.3 is 8.98 Å². The van der Waals surface area contributed by atoms with Crippen LogP contribution in [0, 0.1) is 0 Å². The van der Waals surface area contributed by atoms with Crippen LogP contribution in [0.4, 0.5) is 0 Å². The van der Waals surface area contributed by atoms with Crippen LogP contribution >= 0.6 is 11.3 Å². The van der Waals surface area contributed by atoms with E-state index in [1.54, 1.807) is 0 Å². The second kappa shape index (κ2) is 8.69. The van der Waals surface area contributed by atoms with Gasteiger partial charge in [0, 0.05) is 36.6 Å². The van der Waals surface area contributed by atoms with Crippen LogP contribution in [-0.2, 0) is 0 Å². The maximum Gasteiger partial charge on any atom is 0.161 e. The van der Waals surface area contributed by atoms with Gasteiger partial charge in [-0.15, -0.1) is 11.3 Å². The lowest BCUT2D eigenvalue weighted by molar-refractivity contribution is 0.673. The third kappa shape index (κ3) is 3.36. The van der Waals surface area contributed by atoms with Crippen LogP contribution in [0.15, 0.2) is 144 Å². The predicted octanol–water partition coefficient (Wildman–Crippen LogP) is 11.2. The Morgan fingerprint density at radius 2 is 1.24 bits per heavy atom. The van der Waals surface area contributed by atoms with E-state index in [9.17, 15) is 0 Å². The van der Waals surface area contributed by atoms with E-state index in [0.717, 1.165) is 38.7 Å². The summed E-state index contributed by atoms with van der Waals surface area (Å²) in [6, 6.07) is 50.0. The number of furan rings is 1. The molecule has 3 heteroatoms. The summed E-state index contributed by atoms with van der Waals surface area (Å²) in [6.45, 7) is 0. The van der Waals surface area contributed by atoms with Crippen LogP contribution in [0.3, 0.4) is 0 Å². The topological polar surface area (TPSA) is 18.1 Å². The molecule has 0 atom stereocenters. The Bertz CT molecular complexity index is 2420. The Balaban J connectivity index is 1.26. The van der Waals surface area contributed by atoms with E-state index < -0.39 is 0 Å². The Morgan fingerprint density at radius 3 is 2.17 bits per heavy atom. The normalized spacial score (nSPS) is 11.9. The number of fused-ring (bicyclic) bond motifs is 8. The van der Waals surface area contributed by atoms with E-state index in [4.69, 9.17) is 4.42 Å². The van der Waals surface area contributed by atoms with Crippen LogP contribution in [-0.4, -0.2) is 4.57 Å². The van der Waals surface area contributed by atoms with Crippen molar-refractivity contribution in [3.05, 3.63) is 140 Å². The molecule has 0 fully saturated rings. The summed E-state index contributed by atoms with van der Waals surface area (Å²) in [5, 5.41) is 4.91. The zero-order valence-electron chi connectivity index (χ0n) is 22.0. The zero-order valence-corrected chi connectivity index (χ0v) is 22.9. The van der Waals surface area contributed by atoms with Crippen LogP contribution < -0.4 is 0 Å². The minimum absolute atomic E-state index is 0.903. The highest BCUT2D eigenvalue weighted by atomic mass is 32.1. The van der Waals surface area contributed by atoms with Gasteiger partial charge in [-0.3, -0.25) is 0 Å². The second-order valence-corrected chi connectivity index (χ2v) is 11.6. The van der Waals surface area contributed by atoms with E-state index in [-0.39, 0.29) is 0 Å². The first kappa shape index (κ1) is 22.7. The van der Waals surface area contributed by atoms with Crippen LogP contribution in [0.1, 0.15) is 0 Å². The van der Waals surface area contributed by atoms with Crippen molar-refractivity contribution in [3.63, 3.8) is 0 Å². The van der Waals surface area contributed by atoms with Crippen LogP contribution in [0.5, 0.6) is 0 Å². The van der Waals surface area contributed by atoms with Gasteiger partial charge in [-0.2, -0.15) is 0 Å². The first-order valence-corrected chi connectivity index (χ1v) is 14.7. The van der Waals surface area contributed by atoms with Crippen molar-refractivity contribution >= 4 is 64.5 Å². The highest BCUT2D eigenvalue weighted by Crippen LogP contribution is 2.42. The molecule has 0 bridgehead atoms. The predicted molar refractivity (Wildman–Crippen MR) is 174 cm³/mol. The highest BCUT2D eigenvalue weighted by molar-refractivity contribution is 7.25. The molecule has 3 aromatic heterocycles. The Labute approximate surface area is 240 Å². The summed E-state index contributed by atoms with van der Waals surface area (Å²) in [6.07, 6.45) is 0. The monoisotopic (exact) mass is 541 g/mol. The highest BCUT2D eigenvalue weighted by Gasteiger charge is 2.20. The molecule has 2 nitrogen and oxygen atoms in total. The quantitative estimate of drug-likeness (QED) is 0.217. The molecule has 0 aliphatic heterocycles. The minimum Gasteiger partial charge on any atom is -0.454 e. The maximum atomic E-state index is 6.51. The van der Waals surface area contributed by atoms with Crippen molar-refractivity contribution in [2.24, 2.45) is 0 Å². The average Bonchev–Trinajstić information content (AvgIpc) is 3.70. The summed E-state index contributed by atoms with van der Waals surface area (Å²) in [5.41, 5.74) is 10.1. The van der Waals surface area contributed by atoms with Gasteiger partial charge in [-0.1, -0.05) is 84.9 Å². The fraction of sp³-hybridized carbons (Fsp3) is 0. The Kier molecular flexibility index (Phi) is 4.80. The molecule has 0 saturated carbocycles. The molecule has 9 aromatic rings. The van der Waals surface area contributed by atoms with Crippen molar-refractivity contribution < 1.29 is 4.42 Å². The number of aromatic nitrogens is 1. The number of benzene rings is 6. The number of hydrogen-bond acceptors (Lipinski definition) is 2. The molecule has 0 amide bonds. The molecule has 0 aliphatic rings. The SMILES string of the molecule is c1ccc(-n2c3ccccc3c3oc4ccc(-c5cccc(-c6cccc7sc8ccccc8c67)c5)cc4c32)cc1. The smallest absolute Gasteiger partial charge is 0.161 e.